The van der Waals surface area contributed by atoms with Crippen molar-refractivity contribution in [3.8, 4) is 0 Å². The SMILES string of the molecule is CC(C)NC[C@@H]1C[C@@H](O)[C@H](n2cnc3c(N)ncnc32)O1. The van der Waals surface area contributed by atoms with Gasteiger partial charge in [-0.2, -0.15) is 0 Å². The van der Waals surface area contributed by atoms with E-state index in [0.29, 0.717) is 36.0 Å². The summed E-state index contributed by atoms with van der Waals surface area (Å²) in [5.41, 5.74) is 6.87. The molecule has 2 aromatic heterocycles. The number of fused-ring (bicyclic) bond motifs is 1. The van der Waals surface area contributed by atoms with E-state index in [2.05, 4.69) is 34.1 Å². The van der Waals surface area contributed by atoms with E-state index >= 15 is 0 Å². The van der Waals surface area contributed by atoms with Gasteiger partial charge < -0.3 is 20.9 Å². The Morgan fingerprint density at radius 3 is 3.05 bits per heavy atom. The maximum atomic E-state index is 10.2. The first-order chi connectivity index (χ1) is 10.1. The van der Waals surface area contributed by atoms with Crippen molar-refractivity contribution in [2.45, 2.75) is 44.7 Å². The lowest BCUT2D eigenvalue weighted by molar-refractivity contribution is -0.0345. The molecule has 0 amide bonds. The Kier molecular flexibility index (Phi) is 3.75. The Labute approximate surface area is 122 Å². The van der Waals surface area contributed by atoms with Crippen molar-refractivity contribution in [3.05, 3.63) is 12.7 Å². The third-order valence-corrected chi connectivity index (χ3v) is 3.58. The summed E-state index contributed by atoms with van der Waals surface area (Å²) in [5, 5.41) is 13.6. The van der Waals surface area contributed by atoms with Crippen molar-refractivity contribution in [1.29, 1.82) is 0 Å². The molecule has 0 aliphatic carbocycles. The highest BCUT2D eigenvalue weighted by Crippen LogP contribution is 2.31. The van der Waals surface area contributed by atoms with Gasteiger partial charge in [-0.3, -0.25) is 4.57 Å². The summed E-state index contributed by atoms with van der Waals surface area (Å²) in [5.74, 6) is 0.323. The molecule has 0 saturated carbocycles. The summed E-state index contributed by atoms with van der Waals surface area (Å²) < 4.78 is 7.64. The average Bonchev–Trinajstić information content (AvgIpc) is 3.01. The summed E-state index contributed by atoms with van der Waals surface area (Å²) in [6.07, 6.45) is 2.41. The molecule has 0 bridgehead atoms. The highest BCUT2D eigenvalue weighted by molar-refractivity contribution is 5.81. The third-order valence-electron chi connectivity index (χ3n) is 3.58. The van der Waals surface area contributed by atoms with Crippen LogP contribution in [-0.4, -0.2) is 49.4 Å². The van der Waals surface area contributed by atoms with Gasteiger partial charge in [-0.15, -0.1) is 0 Å². The number of ether oxygens (including phenoxy) is 1. The Morgan fingerprint density at radius 1 is 1.48 bits per heavy atom. The molecule has 4 N–H and O–H groups in total. The fourth-order valence-electron chi connectivity index (χ4n) is 2.53. The van der Waals surface area contributed by atoms with E-state index in [1.54, 1.807) is 10.9 Å². The minimum atomic E-state index is -0.599. The minimum absolute atomic E-state index is 0.0379. The monoisotopic (exact) mass is 292 g/mol. The molecule has 3 atom stereocenters. The first-order valence-electron chi connectivity index (χ1n) is 7.06. The Bertz CT molecular complexity index is 628. The minimum Gasteiger partial charge on any atom is -0.388 e. The smallest absolute Gasteiger partial charge is 0.167 e. The fourth-order valence-corrected chi connectivity index (χ4v) is 2.53. The van der Waals surface area contributed by atoms with Crippen molar-refractivity contribution in [2.75, 3.05) is 12.3 Å². The molecule has 1 fully saturated rings. The molecule has 2 aromatic rings. The van der Waals surface area contributed by atoms with E-state index in [0.717, 1.165) is 0 Å². The van der Waals surface area contributed by atoms with Crippen molar-refractivity contribution < 1.29 is 9.84 Å². The number of aliphatic hydroxyl groups excluding tert-OH is 1. The van der Waals surface area contributed by atoms with E-state index in [1.165, 1.54) is 6.33 Å². The zero-order chi connectivity index (χ0) is 15.0. The van der Waals surface area contributed by atoms with Gasteiger partial charge in [0.2, 0.25) is 0 Å². The zero-order valence-corrected chi connectivity index (χ0v) is 12.1. The second-order valence-corrected chi connectivity index (χ2v) is 5.60. The number of rotatable bonds is 4. The van der Waals surface area contributed by atoms with Crippen LogP contribution in [0.15, 0.2) is 12.7 Å². The van der Waals surface area contributed by atoms with Gasteiger partial charge in [0.15, 0.2) is 17.7 Å². The highest BCUT2D eigenvalue weighted by Gasteiger charge is 2.36. The Balaban J connectivity index is 1.81. The maximum absolute atomic E-state index is 10.2. The highest BCUT2D eigenvalue weighted by atomic mass is 16.5. The van der Waals surface area contributed by atoms with Gasteiger partial charge in [0.25, 0.3) is 0 Å². The average molecular weight is 292 g/mol. The summed E-state index contributed by atoms with van der Waals surface area (Å²) >= 11 is 0. The normalized spacial score (nSPS) is 26.0. The van der Waals surface area contributed by atoms with Crippen molar-refractivity contribution in [3.63, 3.8) is 0 Å². The molecular formula is C13H20N6O2. The summed E-state index contributed by atoms with van der Waals surface area (Å²) in [6, 6.07) is 0.381. The molecular weight excluding hydrogens is 272 g/mol. The number of nitrogen functional groups attached to an aromatic ring is 1. The summed E-state index contributed by atoms with van der Waals surface area (Å²) in [7, 11) is 0. The van der Waals surface area contributed by atoms with Crippen LogP contribution in [0.4, 0.5) is 5.82 Å². The fraction of sp³-hybridized carbons (Fsp3) is 0.615. The first-order valence-corrected chi connectivity index (χ1v) is 7.06. The van der Waals surface area contributed by atoms with E-state index in [4.69, 9.17) is 10.5 Å². The van der Waals surface area contributed by atoms with Gasteiger partial charge in [0.1, 0.15) is 17.9 Å². The number of nitrogens with two attached hydrogens (primary N) is 1. The molecule has 0 aromatic carbocycles. The number of anilines is 1. The Morgan fingerprint density at radius 2 is 2.29 bits per heavy atom. The van der Waals surface area contributed by atoms with Crippen LogP contribution in [0.5, 0.6) is 0 Å². The number of hydrogen-bond donors (Lipinski definition) is 3. The number of hydrogen-bond acceptors (Lipinski definition) is 7. The quantitative estimate of drug-likeness (QED) is 0.730. The lowest BCUT2D eigenvalue weighted by Crippen LogP contribution is -2.31. The van der Waals surface area contributed by atoms with Crippen LogP contribution < -0.4 is 11.1 Å². The number of nitrogens with one attached hydrogen (secondary N) is 1. The maximum Gasteiger partial charge on any atom is 0.167 e. The van der Waals surface area contributed by atoms with Crippen LogP contribution in [0.3, 0.4) is 0 Å². The molecule has 1 aliphatic heterocycles. The molecule has 1 saturated heterocycles. The van der Waals surface area contributed by atoms with E-state index in [-0.39, 0.29) is 6.10 Å². The molecule has 21 heavy (non-hydrogen) atoms. The lowest BCUT2D eigenvalue weighted by Gasteiger charge is -2.17. The number of aliphatic hydroxyl groups is 1. The predicted octanol–water partition coefficient (Wildman–Crippen LogP) is 0.0549. The molecule has 8 nitrogen and oxygen atoms in total. The van der Waals surface area contributed by atoms with Gasteiger partial charge in [0, 0.05) is 19.0 Å². The molecule has 1 aliphatic rings. The van der Waals surface area contributed by atoms with Crippen LogP contribution in [0.25, 0.3) is 11.2 Å². The molecule has 0 radical (unpaired) electrons. The predicted molar refractivity (Wildman–Crippen MR) is 77.4 cm³/mol. The zero-order valence-electron chi connectivity index (χ0n) is 12.1. The number of nitrogens with zero attached hydrogens (tertiary/aromatic N) is 4. The van der Waals surface area contributed by atoms with Gasteiger partial charge >= 0.3 is 0 Å². The standard InChI is InChI=1S/C13H20N6O2/c1-7(2)15-4-8-3-9(20)13(21-8)19-6-18-10-11(14)16-5-17-12(10)19/h5-9,13,15,20H,3-4H2,1-2H3,(H2,14,16,17)/t8-,9+,13+/m0/s1. The van der Waals surface area contributed by atoms with E-state index in [9.17, 15) is 5.11 Å². The van der Waals surface area contributed by atoms with Gasteiger partial charge in [-0.25, -0.2) is 15.0 Å². The van der Waals surface area contributed by atoms with Crippen molar-refractivity contribution in [1.82, 2.24) is 24.8 Å². The van der Waals surface area contributed by atoms with Crippen LogP contribution in [0.1, 0.15) is 26.5 Å². The number of aromatic nitrogens is 4. The molecule has 8 heteroatoms. The first kappa shape index (κ1) is 14.2. The van der Waals surface area contributed by atoms with E-state index in [1.807, 2.05) is 0 Å². The third kappa shape index (κ3) is 2.69. The summed E-state index contributed by atoms with van der Waals surface area (Å²) in [4.78, 5) is 12.3. The van der Waals surface area contributed by atoms with Crippen molar-refractivity contribution in [2.24, 2.45) is 0 Å². The Hall–Kier alpha value is -1.77. The summed E-state index contributed by atoms with van der Waals surface area (Å²) in [6.45, 7) is 4.85. The van der Waals surface area contributed by atoms with Crippen LogP contribution in [-0.2, 0) is 4.74 Å². The molecule has 0 spiro atoms. The van der Waals surface area contributed by atoms with Gasteiger partial charge in [-0.05, 0) is 0 Å². The van der Waals surface area contributed by atoms with Crippen LogP contribution >= 0.6 is 0 Å². The molecule has 3 heterocycles. The molecule has 3 rings (SSSR count). The largest absolute Gasteiger partial charge is 0.388 e. The van der Waals surface area contributed by atoms with Crippen LogP contribution in [0, 0.1) is 0 Å². The number of imidazole rings is 1. The topological polar surface area (TPSA) is 111 Å². The van der Waals surface area contributed by atoms with Gasteiger partial charge in [-0.1, -0.05) is 13.8 Å². The van der Waals surface area contributed by atoms with Crippen molar-refractivity contribution >= 4 is 17.0 Å². The second-order valence-electron chi connectivity index (χ2n) is 5.60. The van der Waals surface area contributed by atoms with Gasteiger partial charge in [0.05, 0.1) is 12.4 Å². The second kappa shape index (κ2) is 5.55. The van der Waals surface area contributed by atoms with Crippen LogP contribution in [0.2, 0.25) is 0 Å². The molecule has 114 valence electrons. The molecule has 0 unspecified atom stereocenters. The lowest BCUT2D eigenvalue weighted by atomic mass is 10.2. The van der Waals surface area contributed by atoms with E-state index < -0.39 is 12.3 Å².